The molecule has 2 N–H and O–H groups in total. The van der Waals surface area contributed by atoms with E-state index < -0.39 is 10.0 Å². The number of benzene rings is 2. The minimum Gasteiger partial charge on any atom is -0.364 e. The Labute approximate surface area is 194 Å². The average Bonchev–Trinajstić information content (AvgIpc) is 3.16. The Morgan fingerprint density at radius 1 is 1.03 bits per heavy atom. The van der Waals surface area contributed by atoms with Gasteiger partial charge in [0.05, 0.1) is 21.7 Å². The van der Waals surface area contributed by atoms with Crippen LogP contribution in [0.25, 0.3) is 10.2 Å². The highest BCUT2D eigenvalue weighted by Crippen LogP contribution is 2.22. The van der Waals surface area contributed by atoms with E-state index in [-0.39, 0.29) is 29.8 Å². The number of sulfonamides is 1. The van der Waals surface area contributed by atoms with Crippen molar-refractivity contribution in [3.8, 4) is 0 Å². The summed E-state index contributed by atoms with van der Waals surface area (Å²) in [6, 6.07) is 15.2. The molecular weight excluding hydrogens is 462 g/mol. The van der Waals surface area contributed by atoms with Crippen molar-refractivity contribution < 1.29 is 17.9 Å². The highest BCUT2D eigenvalue weighted by molar-refractivity contribution is 7.92. The standard InChI is InChI=1S/C22H21N5O4S2/c1-14-11-20(24-15(2)23-14)27-33(29,30)17-9-7-16(8-10-17)25-21(28)12-31-13-22-26-18-5-3-4-6-19(18)32-22/h3-11H,12-13H2,1-2H3,(H,25,28)(H,23,24,27). The van der Waals surface area contributed by atoms with E-state index in [0.29, 0.717) is 17.2 Å². The zero-order chi connectivity index (χ0) is 23.4. The van der Waals surface area contributed by atoms with Gasteiger partial charge in [0, 0.05) is 17.4 Å². The van der Waals surface area contributed by atoms with Crippen LogP contribution in [0.4, 0.5) is 11.5 Å². The fourth-order valence-electron chi connectivity index (χ4n) is 3.09. The van der Waals surface area contributed by atoms with E-state index in [2.05, 4.69) is 25.0 Å². The number of aryl methyl sites for hydroxylation is 2. The third-order valence-electron chi connectivity index (χ3n) is 4.45. The number of nitrogens with zero attached hydrogens (tertiary/aromatic N) is 3. The van der Waals surface area contributed by atoms with Gasteiger partial charge in [0.15, 0.2) is 0 Å². The molecule has 0 bridgehead atoms. The van der Waals surface area contributed by atoms with Gasteiger partial charge in [-0.1, -0.05) is 12.1 Å². The number of ether oxygens (including phenoxy) is 1. The number of hydrogen-bond donors (Lipinski definition) is 2. The van der Waals surface area contributed by atoms with Gasteiger partial charge in [0.25, 0.3) is 10.0 Å². The molecule has 1 amide bonds. The number of thiazole rings is 1. The Balaban J connectivity index is 1.31. The van der Waals surface area contributed by atoms with Crippen molar-refractivity contribution in [3.05, 3.63) is 71.1 Å². The number of carbonyl (C=O) groups excluding carboxylic acids is 1. The van der Waals surface area contributed by atoms with Gasteiger partial charge in [0.2, 0.25) is 5.91 Å². The predicted octanol–water partition coefficient (Wildman–Crippen LogP) is 3.66. The van der Waals surface area contributed by atoms with Crippen LogP contribution >= 0.6 is 11.3 Å². The molecule has 0 spiro atoms. The van der Waals surface area contributed by atoms with Crippen molar-refractivity contribution in [1.29, 1.82) is 0 Å². The first-order chi connectivity index (χ1) is 15.8. The molecule has 0 radical (unpaired) electrons. The zero-order valence-electron chi connectivity index (χ0n) is 17.9. The van der Waals surface area contributed by atoms with E-state index >= 15 is 0 Å². The summed E-state index contributed by atoms with van der Waals surface area (Å²) in [5, 5.41) is 3.47. The van der Waals surface area contributed by atoms with Crippen molar-refractivity contribution in [2.75, 3.05) is 16.6 Å². The lowest BCUT2D eigenvalue weighted by atomic mass is 10.3. The second-order valence-electron chi connectivity index (χ2n) is 7.19. The molecule has 0 saturated carbocycles. The third kappa shape index (κ3) is 5.89. The largest absolute Gasteiger partial charge is 0.364 e. The fourth-order valence-corrected chi connectivity index (χ4v) is 4.99. The number of para-hydroxylation sites is 1. The van der Waals surface area contributed by atoms with Gasteiger partial charge in [-0.05, 0) is 50.2 Å². The number of rotatable bonds is 8. The van der Waals surface area contributed by atoms with Gasteiger partial charge in [-0.2, -0.15) is 0 Å². The molecule has 4 aromatic rings. The van der Waals surface area contributed by atoms with Crippen molar-refractivity contribution in [3.63, 3.8) is 0 Å². The summed E-state index contributed by atoms with van der Waals surface area (Å²) in [5.74, 6) is 0.315. The molecule has 0 aliphatic carbocycles. The molecule has 0 aliphatic heterocycles. The minimum absolute atomic E-state index is 0.0431. The monoisotopic (exact) mass is 483 g/mol. The summed E-state index contributed by atoms with van der Waals surface area (Å²) in [5.41, 5.74) is 2.01. The second-order valence-corrected chi connectivity index (χ2v) is 9.99. The summed E-state index contributed by atoms with van der Waals surface area (Å²) < 4.78 is 34.2. The van der Waals surface area contributed by atoms with Gasteiger partial charge in [-0.15, -0.1) is 11.3 Å². The molecule has 170 valence electrons. The molecule has 2 aromatic carbocycles. The van der Waals surface area contributed by atoms with Crippen molar-refractivity contribution in [2.24, 2.45) is 0 Å². The van der Waals surface area contributed by atoms with E-state index in [1.807, 2.05) is 24.3 Å². The van der Waals surface area contributed by atoms with Crippen LogP contribution in [-0.4, -0.2) is 35.9 Å². The summed E-state index contributed by atoms with van der Waals surface area (Å²) in [7, 11) is -3.83. The van der Waals surface area contributed by atoms with Crippen molar-refractivity contribution in [2.45, 2.75) is 25.3 Å². The molecule has 33 heavy (non-hydrogen) atoms. The van der Waals surface area contributed by atoms with Crippen LogP contribution in [0.1, 0.15) is 16.5 Å². The highest BCUT2D eigenvalue weighted by atomic mass is 32.2. The summed E-state index contributed by atoms with van der Waals surface area (Å²) in [4.78, 5) is 24.9. The molecule has 2 aromatic heterocycles. The van der Waals surface area contributed by atoms with E-state index in [1.165, 1.54) is 35.6 Å². The van der Waals surface area contributed by atoms with Crippen molar-refractivity contribution >= 4 is 49.0 Å². The molecule has 0 saturated heterocycles. The molecule has 2 heterocycles. The maximum atomic E-state index is 12.6. The molecule has 0 aliphatic rings. The van der Waals surface area contributed by atoms with Gasteiger partial charge in [0.1, 0.15) is 23.3 Å². The third-order valence-corrected chi connectivity index (χ3v) is 6.83. The summed E-state index contributed by atoms with van der Waals surface area (Å²) in [6.07, 6.45) is 0. The van der Waals surface area contributed by atoms with E-state index in [0.717, 1.165) is 15.2 Å². The van der Waals surface area contributed by atoms with E-state index in [4.69, 9.17) is 4.74 Å². The lowest BCUT2D eigenvalue weighted by molar-refractivity contribution is -0.121. The number of hydrogen-bond acceptors (Lipinski definition) is 8. The first kappa shape index (κ1) is 22.8. The van der Waals surface area contributed by atoms with Crippen LogP contribution in [0.15, 0.2) is 59.5 Å². The van der Waals surface area contributed by atoms with Crippen molar-refractivity contribution in [1.82, 2.24) is 15.0 Å². The number of aromatic nitrogens is 3. The molecule has 0 atom stereocenters. The van der Waals surface area contributed by atoms with Crippen LogP contribution < -0.4 is 10.0 Å². The number of anilines is 2. The maximum Gasteiger partial charge on any atom is 0.263 e. The first-order valence-corrected chi connectivity index (χ1v) is 12.3. The minimum atomic E-state index is -3.83. The van der Waals surface area contributed by atoms with Gasteiger partial charge < -0.3 is 10.1 Å². The maximum absolute atomic E-state index is 12.6. The number of fused-ring (bicyclic) bond motifs is 1. The molecule has 4 rings (SSSR count). The average molecular weight is 484 g/mol. The van der Waals surface area contributed by atoms with E-state index in [9.17, 15) is 13.2 Å². The van der Waals surface area contributed by atoms with Crippen LogP contribution in [0, 0.1) is 13.8 Å². The van der Waals surface area contributed by atoms with Gasteiger partial charge in [-0.25, -0.2) is 23.4 Å². The Hall–Kier alpha value is -3.41. The van der Waals surface area contributed by atoms with Crippen LogP contribution in [-0.2, 0) is 26.2 Å². The number of nitrogens with one attached hydrogen (secondary N) is 2. The van der Waals surface area contributed by atoms with Crippen LogP contribution in [0.2, 0.25) is 0 Å². The summed E-state index contributed by atoms with van der Waals surface area (Å²) >= 11 is 1.52. The predicted molar refractivity (Wildman–Crippen MR) is 127 cm³/mol. The normalized spacial score (nSPS) is 11.5. The lowest BCUT2D eigenvalue weighted by Gasteiger charge is -2.10. The van der Waals surface area contributed by atoms with Gasteiger partial charge in [-0.3, -0.25) is 9.52 Å². The second kappa shape index (κ2) is 9.61. The zero-order valence-corrected chi connectivity index (χ0v) is 19.5. The SMILES string of the molecule is Cc1cc(NS(=O)(=O)c2ccc(NC(=O)COCc3nc4ccccc4s3)cc2)nc(C)n1. The Morgan fingerprint density at radius 3 is 2.52 bits per heavy atom. The van der Waals surface area contributed by atoms with Crippen LogP contribution in [0.5, 0.6) is 0 Å². The van der Waals surface area contributed by atoms with E-state index in [1.54, 1.807) is 19.9 Å². The lowest BCUT2D eigenvalue weighted by Crippen LogP contribution is -2.18. The Kier molecular flexibility index (Phi) is 6.63. The molecule has 11 heteroatoms. The molecule has 0 fully saturated rings. The topological polar surface area (TPSA) is 123 Å². The molecular formula is C22H21N5O4S2. The Morgan fingerprint density at radius 2 is 1.79 bits per heavy atom. The van der Waals surface area contributed by atoms with Gasteiger partial charge >= 0.3 is 0 Å². The highest BCUT2D eigenvalue weighted by Gasteiger charge is 2.16. The quantitative estimate of drug-likeness (QED) is 0.392. The first-order valence-electron chi connectivity index (χ1n) is 9.96. The smallest absolute Gasteiger partial charge is 0.263 e. The fraction of sp³-hybridized carbons (Fsp3) is 0.182. The number of carbonyl (C=O) groups is 1. The molecule has 0 unspecified atom stereocenters. The van der Waals surface area contributed by atoms with Crippen LogP contribution in [0.3, 0.4) is 0 Å². The Bertz CT molecular complexity index is 1350. The number of amides is 1. The summed E-state index contributed by atoms with van der Waals surface area (Å²) in [6.45, 7) is 3.53. The molecule has 9 nitrogen and oxygen atoms in total.